The Bertz CT molecular complexity index is 540. The maximum atomic E-state index is 11.0. The van der Waals surface area contributed by atoms with Crippen molar-refractivity contribution in [2.45, 2.75) is 37.8 Å². The molecule has 0 unspecified atom stereocenters. The minimum absolute atomic E-state index is 0.364. The van der Waals surface area contributed by atoms with Crippen molar-refractivity contribution in [2.75, 3.05) is 17.1 Å². The van der Waals surface area contributed by atoms with E-state index in [2.05, 4.69) is 10.0 Å². The van der Waals surface area contributed by atoms with E-state index in [4.69, 9.17) is 9.88 Å². The molecule has 1 fully saturated rings. The predicted molar refractivity (Wildman–Crippen MR) is 79.8 cm³/mol. The number of ether oxygens (including phenoxy) is 1. The standard InChI is InChI=1S/C13H21N3O3S/c1-19-13-7-5-10(6-8-13)15-11-3-2-4-12(9-11)16-20(14,17)18/h2-4,9-10,13,15-16H,5-8H2,1H3,(H2,14,17,18). The average Bonchev–Trinajstić information content (AvgIpc) is 2.38. The van der Waals surface area contributed by atoms with Gasteiger partial charge in [-0.25, -0.2) is 5.14 Å². The molecule has 112 valence electrons. The van der Waals surface area contributed by atoms with Crippen LogP contribution in [0.25, 0.3) is 0 Å². The first-order chi connectivity index (χ1) is 9.46. The SMILES string of the molecule is COC1CCC(Nc2cccc(NS(N)(=O)=O)c2)CC1. The number of hydrogen-bond donors (Lipinski definition) is 3. The second kappa shape index (κ2) is 6.43. The largest absolute Gasteiger partial charge is 0.382 e. The number of methoxy groups -OCH3 is 1. The van der Waals surface area contributed by atoms with Crippen LogP contribution in [0.15, 0.2) is 24.3 Å². The Morgan fingerprint density at radius 2 is 1.85 bits per heavy atom. The van der Waals surface area contributed by atoms with E-state index in [1.807, 2.05) is 6.07 Å². The van der Waals surface area contributed by atoms with E-state index >= 15 is 0 Å². The Labute approximate surface area is 119 Å². The zero-order chi connectivity index (χ0) is 14.6. The molecular formula is C13H21N3O3S. The lowest BCUT2D eigenvalue weighted by molar-refractivity contribution is 0.0682. The molecule has 1 aromatic carbocycles. The van der Waals surface area contributed by atoms with E-state index in [1.165, 1.54) is 0 Å². The van der Waals surface area contributed by atoms with E-state index in [9.17, 15) is 8.42 Å². The molecule has 0 atom stereocenters. The summed E-state index contributed by atoms with van der Waals surface area (Å²) < 4.78 is 29.6. The van der Waals surface area contributed by atoms with Gasteiger partial charge in [0.1, 0.15) is 0 Å². The third-order valence-corrected chi connectivity index (χ3v) is 4.02. The summed E-state index contributed by atoms with van der Waals surface area (Å²) in [4.78, 5) is 0. The van der Waals surface area contributed by atoms with Crippen molar-refractivity contribution in [3.8, 4) is 0 Å². The third-order valence-electron chi connectivity index (χ3n) is 3.50. The zero-order valence-electron chi connectivity index (χ0n) is 11.5. The molecular weight excluding hydrogens is 278 g/mol. The summed E-state index contributed by atoms with van der Waals surface area (Å²) in [7, 11) is -1.98. The minimum Gasteiger partial charge on any atom is -0.382 e. The van der Waals surface area contributed by atoms with E-state index in [-0.39, 0.29) is 0 Å². The van der Waals surface area contributed by atoms with E-state index in [1.54, 1.807) is 25.3 Å². The molecule has 6 nitrogen and oxygen atoms in total. The summed E-state index contributed by atoms with van der Waals surface area (Å²) in [5.74, 6) is 0. The quantitative estimate of drug-likeness (QED) is 0.771. The smallest absolute Gasteiger partial charge is 0.296 e. The monoisotopic (exact) mass is 299 g/mol. The molecule has 7 heteroatoms. The van der Waals surface area contributed by atoms with E-state index in [0.717, 1.165) is 31.4 Å². The second-order valence-electron chi connectivity index (χ2n) is 5.08. The van der Waals surface area contributed by atoms with Gasteiger partial charge < -0.3 is 10.1 Å². The highest BCUT2D eigenvalue weighted by Gasteiger charge is 2.20. The fourth-order valence-corrected chi connectivity index (χ4v) is 2.97. The Hall–Kier alpha value is -1.31. The van der Waals surface area contributed by atoms with Crippen molar-refractivity contribution >= 4 is 21.6 Å². The zero-order valence-corrected chi connectivity index (χ0v) is 12.3. The van der Waals surface area contributed by atoms with Gasteiger partial charge in [-0.05, 0) is 43.9 Å². The summed E-state index contributed by atoms with van der Waals surface area (Å²) in [6.07, 6.45) is 4.55. The lowest BCUT2D eigenvalue weighted by Crippen LogP contribution is -2.29. The Morgan fingerprint density at radius 1 is 1.20 bits per heavy atom. The van der Waals surface area contributed by atoms with Gasteiger partial charge in [0, 0.05) is 18.8 Å². The summed E-state index contributed by atoms with van der Waals surface area (Å²) in [5, 5.41) is 8.38. The third kappa shape index (κ3) is 4.66. The Morgan fingerprint density at radius 3 is 2.45 bits per heavy atom. The molecule has 0 saturated heterocycles. The molecule has 1 saturated carbocycles. The number of hydrogen-bond acceptors (Lipinski definition) is 4. The molecule has 20 heavy (non-hydrogen) atoms. The first-order valence-electron chi connectivity index (χ1n) is 6.66. The van der Waals surface area contributed by atoms with Gasteiger partial charge in [-0.2, -0.15) is 8.42 Å². The molecule has 2 rings (SSSR count). The van der Waals surface area contributed by atoms with Gasteiger partial charge in [-0.3, -0.25) is 4.72 Å². The first-order valence-corrected chi connectivity index (χ1v) is 8.21. The normalized spacial score (nSPS) is 23.3. The fraction of sp³-hybridized carbons (Fsp3) is 0.538. The summed E-state index contributed by atoms with van der Waals surface area (Å²) in [6, 6.07) is 7.50. The number of nitrogens with one attached hydrogen (secondary N) is 2. The van der Waals surface area contributed by atoms with Gasteiger partial charge in [0.25, 0.3) is 10.2 Å². The van der Waals surface area contributed by atoms with Gasteiger partial charge >= 0.3 is 0 Å². The molecule has 0 aliphatic heterocycles. The van der Waals surface area contributed by atoms with E-state index in [0.29, 0.717) is 17.8 Å². The Balaban J connectivity index is 1.95. The number of anilines is 2. The predicted octanol–water partition coefficient (Wildman–Crippen LogP) is 1.67. The van der Waals surface area contributed by atoms with Crippen LogP contribution in [0.1, 0.15) is 25.7 Å². The number of benzene rings is 1. The molecule has 0 amide bonds. The summed E-state index contributed by atoms with van der Waals surface area (Å²) >= 11 is 0. The van der Waals surface area contributed by atoms with Crippen molar-refractivity contribution in [3.05, 3.63) is 24.3 Å². The molecule has 1 aliphatic rings. The highest BCUT2D eigenvalue weighted by atomic mass is 32.2. The van der Waals surface area contributed by atoms with Crippen LogP contribution in [0.4, 0.5) is 11.4 Å². The fourth-order valence-electron chi connectivity index (χ4n) is 2.52. The van der Waals surface area contributed by atoms with Crippen LogP contribution < -0.4 is 15.2 Å². The van der Waals surface area contributed by atoms with Gasteiger partial charge in [0.05, 0.1) is 11.8 Å². The highest BCUT2D eigenvalue weighted by Crippen LogP contribution is 2.25. The van der Waals surface area contributed by atoms with Gasteiger partial charge in [0.15, 0.2) is 0 Å². The molecule has 0 radical (unpaired) electrons. The van der Waals surface area contributed by atoms with Gasteiger partial charge in [-0.15, -0.1) is 0 Å². The molecule has 1 aromatic rings. The molecule has 0 spiro atoms. The molecule has 0 bridgehead atoms. The number of rotatable bonds is 5. The van der Waals surface area contributed by atoms with Crippen molar-refractivity contribution in [2.24, 2.45) is 5.14 Å². The van der Waals surface area contributed by atoms with Crippen LogP contribution in [0, 0.1) is 0 Å². The van der Waals surface area contributed by atoms with Crippen LogP contribution >= 0.6 is 0 Å². The van der Waals surface area contributed by atoms with Crippen LogP contribution in [-0.2, 0) is 14.9 Å². The number of nitrogens with two attached hydrogens (primary N) is 1. The van der Waals surface area contributed by atoms with E-state index < -0.39 is 10.2 Å². The highest BCUT2D eigenvalue weighted by molar-refractivity contribution is 7.90. The lowest BCUT2D eigenvalue weighted by atomic mass is 9.93. The molecule has 1 aliphatic carbocycles. The Kier molecular flexibility index (Phi) is 4.85. The van der Waals surface area contributed by atoms with Crippen LogP contribution in [0.5, 0.6) is 0 Å². The lowest BCUT2D eigenvalue weighted by Gasteiger charge is -2.29. The van der Waals surface area contributed by atoms with Crippen molar-refractivity contribution in [1.29, 1.82) is 0 Å². The maximum Gasteiger partial charge on any atom is 0.296 e. The molecule has 4 N–H and O–H groups in total. The van der Waals surface area contributed by atoms with Crippen LogP contribution in [0.3, 0.4) is 0 Å². The maximum absolute atomic E-state index is 11.0. The molecule has 0 aromatic heterocycles. The topological polar surface area (TPSA) is 93.4 Å². The average molecular weight is 299 g/mol. The van der Waals surface area contributed by atoms with Gasteiger partial charge in [-0.1, -0.05) is 6.07 Å². The van der Waals surface area contributed by atoms with Crippen molar-refractivity contribution < 1.29 is 13.2 Å². The minimum atomic E-state index is -3.73. The summed E-state index contributed by atoms with van der Waals surface area (Å²) in [5.41, 5.74) is 1.35. The van der Waals surface area contributed by atoms with Crippen LogP contribution in [-0.4, -0.2) is 27.7 Å². The molecule has 0 heterocycles. The summed E-state index contributed by atoms with van der Waals surface area (Å²) in [6.45, 7) is 0. The van der Waals surface area contributed by atoms with Crippen molar-refractivity contribution in [3.63, 3.8) is 0 Å². The first kappa shape index (κ1) is 15.1. The van der Waals surface area contributed by atoms with Crippen LogP contribution in [0.2, 0.25) is 0 Å². The van der Waals surface area contributed by atoms with Crippen molar-refractivity contribution in [1.82, 2.24) is 0 Å². The second-order valence-corrected chi connectivity index (χ2v) is 6.38. The van der Waals surface area contributed by atoms with Gasteiger partial charge in [0.2, 0.25) is 0 Å².